The largest absolute Gasteiger partial charge is 0.550 e. The summed E-state index contributed by atoms with van der Waals surface area (Å²) < 4.78 is 2.25. The van der Waals surface area contributed by atoms with Crippen molar-refractivity contribution >= 4 is 5.97 Å². The molecule has 0 saturated heterocycles. The first-order valence-electron chi connectivity index (χ1n) is 6.25. The number of carbonyl (C=O) groups is 1. The number of pyridine rings is 1. The number of nitrogens with zero attached hydrogens (tertiary/aromatic N) is 1. The summed E-state index contributed by atoms with van der Waals surface area (Å²) in [6, 6.07) is 4.23. The van der Waals surface area contributed by atoms with Crippen LogP contribution in [0.2, 0.25) is 0 Å². The van der Waals surface area contributed by atoms with Crippen molar-refractivity contribution in [3.8, 4) is 0 Å². The first kappa shape index (κ1) is 15.6. The summed E-state index contributed by atoms with van der Waals surface area (Å²) in [5.41, 5.74) is 1.34. The van der Waals surface area contributed by atoms with Crippen LogP contribution in [0, 0.1) is 6.92 Å². The summed E-state index contributed by atoms with van der Waals surface area (Å²) in [6.07, 6.45) is 7.70. The van der Waals surface area contributed by atoms with Crippen LogP contribution in [0.15, 0.2) is 24.5 Å². The molecule has 17 heavy (non-hydrogen) atoms. The first-order chi connectivity index (χ1) is 8.10. The summed E-state index contributed by atoms with van der Waals surface area (Å²) in [7, 11) is 0. The molecule has 0 aliphatic carbocycles. The lowest BCUT2D eigenvalue weighted by atomic mass is 10.3. The topological polar surface area (TPSA) is 44.0 Å². The SMILES string of the molecule is CCCC(=O)[O-].CCCC[n+]1cccc(C)c1. The molecular formula is C14H23NO2. The molecule has 0 saturated carbocycles. The van der Waals surface area contributed by atoms with E-state index in [1.807, 2.05) is 0 Å². The molecule has 3 nitrogen and oxygen atoms in total. The number of aromatic nitrogens is 1. The highest BCUT2D eigenvalue weighted by Crippen LogP contribution is 1.91. The van der Waals surface area contributed by atoms with Gasteiger partial charge in [0.25, 0.3) is 0 Å². The Balaban J connectivity index is 0.000000366. The third-order valence-corrected chi connectivity index (χ3v) is 2.23. The van der Waals surface area contributed by atoms with Crippen molar-refractivity contribution in [1.29, 1.82) is 0 Å². The van der Waals surface area contributed by atoms with Crippen molar-refractivity contribution < 1.29 is 14.5 Å². The molecule has 1 rings (SSSR count). The summed E-state index contributed by atoms with van der Waals surface area (Å²) in [4.78, 5) is 9.49. The fourth-order valence-electron chi connectivity index (χ4n) is 1.34. The Hall–Kier alpha value is -1.38. The summed E-state index contributed by atoms with van der Waals surface area (Å²) in [6.45, 7) is 7.30. The van der Waals surface area contributed by atoms with E-state index in [0.29, 0.717) is 6.42 Å². The summed E-state index contributed by atoms with van der Waals surface area (Å²) in [5, 5.41) is 9.49. The maximum Gasteiger partial charge on any atom is 0.171 e. The van der Waals surface area contributed by atoms with Crippen LogP contribution in [0.4, 0.5) is 0 Å². The molecule has 0 aliphatic heterocycles. The van der Waals surface area contributed by atoms with Gasteiger partial charge in [-0.3, -0.25) is 0 Å². The maximum atomic E-state index is 9.49. The number of carboxylic acid groups (broad SMARTS) is 1. The number of hydrogen-bond donors (Lipinski definition) is 0. The number of aryl methyl sites for hydroxylation is 2. The molecule has 0 spiro atoms. The minimum atomic E-state index is -0.961. The van der Waals surface area contributed by atoms with Gasteiger partial charge in [0.05, 0.1) is 0 Å². The van der Waals surface area contributed by atoms with Gasteiger partial charge in [-0.2, -0.15) is 0 Å². The van der Waals surface area contributed by atoms with Crippen LogP contribution in [0.1, 0.15) is 45.1 Å². The lowest BCUT2D eigenvalue weighted by molar-refractivity contribution is -0.697. The van der Waals surface area contributed by atoms with E-state index in [1.165, 1.54) is 18.4 Å². The Morgan fingerprint density at radius 3 is 2.47 bits per heavy atom. The average molecular weight is 237 g/mol. The van der Waals surface area contributed by atoms with Crippen molar-refractivity contribution in [1.82, 2.24) is 0 Å². The molecular weight excluding hydrogens is 214 g/mol. The van der Waals surface area contributed by atoms with E-state index in [4.69, 9.17) is 0 Å². The summed E-state index contributed by atoms with van der Waals surface area (Å²) in [5.74, 6) is -0.961. The van der Waals surface area contributed by atoms with Crippen LogP contribution in [0.3, 0.4) is 0 Å². The molecule has 0 fully saturated rings. The van der Waals surface area contributed by atoms with Gasteiger partial charge in [0.1, 0.15) is 6.54 Å². The van der Waals surface area contributed by atoms with E-state index in [-0.39, 0.29) is 6.42 Å². The molecule has 96 valence electrons. The van der Waals surface area contributed by atoms with Gasteiger partial charge in [0, 0.05) is 24.0 Å². The molecule has 3 heteroatoms. The Morgan fingerprint density at radius 1 is 1.35 bits per heavy atom. The maximum absolute atomic E-state index is 9.49. The molecule has 0 unspecified atom stereocenters. The minimum Gasteiger partial charge on any atom is -0.550 e. The number of rotatable bonds is 5. The molecule has 1 aromatic heterocycles. The predicted octanol–water partition coefficient (Wildman–Crippen LogP) is 1.62. The van der Waals surface area contributed by atoms with Crippen LogP contribution < -0.4 is 9.67 Å². The fourth-order valence-corrected chi connectivity index (χ4v) is 1.34. The molecule has 1 heterocycles. The highest BCUT2D eigenvalue weighted by Gasteiger charge is 1.97. The first-order valence-corrected chi connectivity index (χ1v) is 6.25. The third-order valence-electron chi connectivity index (χ3n) is 2.23. The van der Waals surface area contributed by atoms with Crippen molar-refractivity contribution in [2.24, 2.45) is 0 Å². The highest BCUT2D eigenvalue weighted by atomic mass is 16.4. The minimum absolute atomic E-state index is 0.181. The van der Waals surface area contributed by atoms with E-state index in [9.17, 15) is 9.90 Å². The Kier molecular flexibility index (Phi) is 9.02. The van der Waals surface area contributed by atoms with E-state index < -0.39 is 5.97 Å². The second-order valence-corrected chi connectivity index (χ2v) is 4.09. The molecule has 0 amide bonds. The Bertz CT molecular complexity index is 324. The highest BCUT2D eigenvalue weighted by molar-refractivity contribution is 5.63. The van der Waals surface area contributed by atoms with Gasteiger partial charge in [-0.05, 0) is 19.4 Å². The van der Waals surface area contributed by atoms with Crippen LogP contribution in [-0.2, 0) is 11.3 Å². The predicted molar refractivity (Wildman–Crippen MR) is 66.2 cm³/mol. The Labute approximate surface area is 104 Å². The van der Waals surface area contributed by atoms with Crippen molar-refractivity contribution in [3.05, 3.63) is 30.1 Å². The van der Waals surface area contributed by atoms with Gasteiger partial charge in [-0.15, -0.1) is 0 Å². The second kappa shape index (κ2) is 9.82. The van der Waals surface area contributed by atoms with E-state index in [2.05, 4.69) is 42.9 Å². The van der Waals surface area contributed by atoms with Crippen molar-refractivity contribution in [2.45, 2.75) is 53.0 Å². The molecule has 1 aromatic rings. The van der Waals surface area contributed by atoms with Crippen molar-refractivity contribution in [2.75, 3.05) is 0 Å². The zero-order valence-corrected chi connectivity index (χ0v) is 11.1. The van der Waals surface area contributed by atoms with Gasteiger partial charge in [0.2, 0.25) is 0 Å². The molecule has 0 radical (unpaired) electrons. The molecule has 0 aromatic carbocycles. The lowest BCUT2D eigenvalue weighted by Crippen LogP contribution is -2.32. The van der Waals surface area contributed by atoms with Gasteiger partial charge in [0.15, 0.2) is 12.4 Å². The smallest absolute Gasteiger partial charge is 0.171 e. The van der Waals surface area contributed by atoms with Gasteiger partial charge < -0.3 is 9.90 Å². The number of hydrogen-bond acceptors (Lipinski definition) is 2. The zero-order chi connectivity index (χ0) is 13.1. The van der Waals surface area contributed by atoms with Crippen LogP contribution in [0.5, 0.6) is 0 Å². The van der Waals surface area contributed by atoms with E-state index >= 15 is 0 Å². The van der Waals surface area contributed by atoms with Crippen molar-refractivity contribution in [3.63, 3.8) is 0 Å². The number of unbranched alkanes of at least 4 members (excludes halogenated alkanes) is 1. The monoisotopic (exact) mass is 237 g/mol. The lowest BCUT2D eigenvalue weighted by Gasteiger charge is -1.94. The van der Waals surface area contributed by atoms with Crippen LogP contribution >= 0.6 is 0 Å². The Morgan fingerprint density at radius 2 is 2.06 bits per heavy atom. The normalized spacial score (nSPS) is 9.35. The second-order valence-electron chi connectivity index (χ2n) is 4.09. The van der Waals surface area contributed by atoms with Crippen LogP contribution in [-0.4, -0.2) is 5.97 Å². The molecule has 0 aliphatic rings. The summed E-state index contributed by atoms with van der Waals surface area (Å²) >= 11 is 0. The third kappa shape index (κ3) is 9.54. The molecule has 0 atom stereocenters. The zero-order valence-electron chi connectivity index (χ0n) is 11.1. The quantitative estimate of drug-likeness (QED) is 0.730. The van der Waals surface area contributed by atoms with Gasteiger partial charge >= 0.3 is 0 Å². The van der Waals surface area contributed by atoms with E-state index in [0.717, 1.165) is 6.54 Å². The molecule has 0 N–H and O–H groups in total. The molecule has 0 bridgehead atoms. The number of aliphatic carboxylic acids is 1. The number of carboxylic acids is 1. The van der Waals surface area contributed by atoms with Gasteiger partial charge in [-0.1, -0.05) is 26.7 Å². The average Bonchev–Trinajstić information content (AvgIpc) is 2.27. The standard InChI is InChI=1S/C10H16N.C4H8O2/c1-3-4-7-11-8-5-6-10(2)9-11;1-2-3-4(5)6/h5-6,8-9H,3-4,7H2,1-2H3;2-3H2,1H3,(H,5,6)/q+1;/p-1. The van der Waals surface area contributed by atoms with Crippen LogP contribution in [0.25, 0.3) is 0 Å². The fraction of sp³-hybridized carbons (Fsp3) is 0.571. The van der Waals surface area contributed by atoms with E-state index in [1.54, 1.807) is 6.92 Å². The van der Waals surface area contributed by atoms with Gasteiger partial charge in [-0.25, -0.2) is 4.57 Å². The number of carbonyl (C=O) groups excluding carboxylic acids is 1.